The number of likely N-dealkylation sites (tertiary alicyclic amines) is 1. The summed E-state index contributed by atoms with van der Waals surface area (Å²) in [6.45, 7) is 7.66. The van der Waals surface area contributed by atoms with Crippen LogP contribution in [0.25, 0.3) is 0 Å². The van der Waals surface area contributed by atoms with Gasteiger partial charge in [0.05, 0.1) is 24.1 Å². The minimum absolute atomic E-state index is 0.0180. The molecule has 1 N–H and O–H groups in total. The highest BCUT2D eigenvalue weighted by molar-refractivity contribution is 6.30. The molecule has 2 atom stereocenters. The Bertz CT molecular complexity index is 1020. The molecule has 11 heteroatoms. The fraction of sp³-hybridized carbons (Fsp3) is 0.560. The van der Waals surface area contributed by atoms with Crippen LogP contribution in [0.1, 0.15) is 64.5 Å². The summed E-state index contributed by atoms with van der Waals surface area (Å²) in [6.07, 6.45) is -0.191. The SMILES string of the molecule is CCC1CC(N(Cc2cc(Cl)cc(C(F)(F)F)c2)c2ncc(O)cn2)CC(CC)N1C(=O)OC(C)C. The van der Waals surface area contributed by atoms with E-state index in [-0.39, 0.29) is 53.6 Å². The van der Waals surface area contributed by atoms with Gasteiger partial charge in [-0.1, -0.05) is 25.4 Å². The summed E-state index contributed by atoms with van der Waals surface area (Å²) in [5.41, 5.74) is -0.477. The number of hydrogen-bond donors (Lipinski definition) is 1. The summed E-state index contributed by atoms with van der Waals surface area (Å²) >= 11 is 6.04. The number of benzene rings is 1. The van der Waals surface area contributed by atoms with Gasteiger partial charge in [-0.05, 0) is 63.3 Å². The van der Waals surface area contributed by atoms with E-state index in [1.54, 1.807) is 18.7 Å². The van der Waals surface area contributed by atoms with Crippen molar-refractivity contribution in [3.63, 3.8) is 0 Å². The topological polar surface area (TPSA) is 78.8 Å². The van der Waals surface area contributed by atoms with E-state index in [4.69, 9.17) is 16.3 Å². The van der Waals surface area contributed by atoms with Crippen molar-refractivity contribution in [3.05, 3.63) is 46.7 Å². The van der Waals surface area contributed by atoms with Crippen LogP contribution in [0, 0.1) is 0 Å². The lowest BCUT2D eigenvalue weighted by molar-refractivity contribution is -0.137. The molecular weight excluding hydrogens is 497 g/mol. The summed E-state index contributed by atoms with van der Waals surface area (Å²) < 4.78 is 45.8. The van der Waals surface area contributed by atoms with Crippen molar-refractivity contribution in [1.82, 2.24) is 14.9 Å². The largest absolute Gasteiger partial charge is 0.505 e. The molecule has 0 spiro atoms. The zero-order valence-electron chi connectivity index (χ0n) is 20.8. The van der Waals surface area contributed by atoms with Crippen molar-refractivity contribution in [2.24, 2.45) is 0 Å². The smallest absolute Gasteiger partial charge is 0.416 e. The summed E-state index contributed by atoms with van der Waals surface area (Å²) in [5.74, 6) is 0.152. The van der Waals surface area contributed by atoms with Gasteiger partial charge in [-0.25, -0.2) is 14.8 Å². The van der Waals surface area contributed by atoms with Crippen LogP contribution >= 0.6 is 11.6 Å². The number of piperidine rings is 1. The Labute approximate surface area is 214 Å². The quantitative estimate of drug-likeness (QED) is 0.446. The highest BCUT2D eigenvalue weighted by Gasteiger charge is 2.41. The minimum Gasteiger partial charge on any atom is -0.505 e. The highest BCUT2D eigenvalue weighted by Crippen LogP contribution is 2.35. The number of amides is 1. The molecule has 198 valence electrons. The number of carbonyl (C=O) groups excluding carboxylic acids is 1. The van der Waals surface area contributed by atoms with E-state index in [1.165, 1.54) is 18.5 Å². The molecule has 2 heterocycles. The second-order valence-electron chi connectivity index (χ2n) is 9.30. The van der Waals surface area contributed by atoms with Gasteiger partial charge in [-0.2, -0.15) is 13.2 Å². The molecule has 1 saturated heterocycles. The number of carbonyl (C=O) groups is 1. The zero-order valence-corrected chi connectivity index (χ0v) is 21.6. The normalized spacial score (nSPS) is 20.5. The summed E-state index contributed by atoms with van der Waals surface area (Å²) in [6, 6.07) is 3.01. The number of halogens is 4. The summed E-state index contributed by atoms with van der Waals surface area (Å²) in [4.78, 5) is 25.0. The lowest BCUT2D eigenvalue weighted by Gasteiger charge is -2.47. The first-order valence-electron chi connectivity index (χ1n) is 12.1. The van der Waals surface area contributed by atoms with Crippen molar-refractivity contribution in [2.45, 2.75) is 90.3 Å². The van der Waals surface area contributed by atoms with Crippen LogP contribution in [-0.4, -0.2) is 50.3 Å². The number of rotatable bonds is 7. The van der Waals surface area contributed by atoms with Gasteiger partial charge >= 0.3 is 12.3 Å². The number of nitrogens with zero attached hydrogens (tertiary/aromatic N) is 4. The van der Waals surface area contributed by atoms with Gasteiger partial charge in [-0.3, -0.25) is 0 Å². The molecule has 1 fully saturated rings. The van der Waals surface area contributed by atoms with E-state index in [0.717, 1.165) is 12.1 Å². The molecule has 2 aromatic rings. The van der Waals surface area contributed by atoms with Gasteiger partial charge in [0.1, 0.15) is 0 Å². The Morgan fingerprint density at radius 2 is 1.75 bits per heavy atom. The molecule has 1 amide bonds. The van der Waals surface area contributed by atoms with Gasteiger partial charge < -0.3 is 19.6 Å². The molecule has 0 aliphatic carbocycles. The van der Waals surface area contributed by atoms with Crippen molar-refractivity contribution in [2.75, 3.05) is 4.90 Å². The number of aromatic nitrogens is 2. The van der Waals surface area contributed by atoms with E-state index >= 15 is 0 Å². The van der Waals surface area contributed by atoms with Crippen LogP contribution in [0.15, 0.2) is 30.6 Å². The number of hydrogen-bond acceptors (Lipinski definition) is 6. The molecule has 0 radical (unpaired) electrons. The Morgan fingerprint density at radius 1 is 1.17 bits per heavy atom. The van der Waals surface area contributed by atoms with E-state index < -0.39 is 11.7 Å². The van der Waals surface area contributed by atoms with Crippen LogP contribution in [0.2, 0.25) is 5.02 Å². The summed E-state index contributed by atoms with van der Waals surface area (Å²) in [5, 5.41) is 9.67. The molecule has 1 aromatic heterocycles. The molecule has 1 aliphatic rings. The van der Waals surface area contributed by atoms with Crippen molar-refractivity contribution in [1.29, 1.82) is 0 Å². The van der Waals surface area contributed by atoms with Crippen molar-refractivity contribution in [3.8, 4) is 5.75 Å². The van der Waals surface area contributed by atoms with Crippen molar-refractivity contribution < 1.29 is 27.8 Å². The predicted molar refractivity (Wildman–Crippen MR) is 131 cm³/mol. The second kappa shape index (κ2) is 11.5. The van der Waals surface area contributed by atoms with Gasteiger partial charge in [0.15, 0.2) is 5.75 Å². The molecule has 3 rings (SSSR count). The van der Waals surface area contributed by atoms with Crippen LogP contribution < -0.4 is 4.90 Å². The summed E-state index contributed by atoms with van der Waals surface area (Å²) in [7, 11) is 0. The van der Waals surface area contributed by atoms with Gasteiger partial charge in [0, 0.05) is 29.7 Å². The minimum atomic E-state index is -4.54. The number of anilines is 1. The number of alkyl halides is 3. The first kappa shape index (κ1) is 27.8. The zero-order chi connectivity index (χ0) is 26.6. The lowest BCUT2D eigenvalue weighted by Crippen LogP contribution is -2.57. The van der Waals surface area contributed by atoms with Crippen LogP contribution in [0.3, 0.4) is 0 Å². The maximum atomic E-state index is 13.4. The first-order valence-corrected chi connectivity index (χ1v) is 12.4. The van der Waals surface area contributed by atoms with Crippen molar-refractivity contribution >= 4 is 23.6 Å². The third-order valence-corrected chi connectivity index (χ3v) is 6.54. The van der Waals surface area contributed by atoms with Crippen LogP contribution in [0.4, 0.5) is 23.9 Å². The Kier molecular flexibility index (Phi) is 8.92. The average Bonchev–Trinajstić information content (AvgIpc) is 2.81. The maximum Gasteiger partial charge on any atom is 0.416 e. The fourth-order valence-corrected chi connectivity index (χ4v) is 4.98. The number of ether oxygens (including phenoxy) is 1. The van der Waals surface area contributed by atoms with E-state index in [9.17, 15) is 23.1 Å². The molecule has 0 saturated carbocycles. The maximum absolute atomic E-state index is 13.4. The molecule has 1 aromatic carbocycles. The molecule has 36 heavy (non-hydrogen) atoms. The number of aromatic hydroxyl groups is 1. The third kappa shape index (κ3) is 6.72. The highest BCUT2D eigenvalue weighted by atomic mass is 35.5. The molecule has 1 aliphatic heterocycles. The standard InChI is InChI=1S/C25H32ClF3N4O3/c1-5-19-10-21(11-20(6-2)33(19)24(35)36-15(3)4)32(23-30-12-22(34)13-31-23)14-16-7-17(25(27,28)29)9-18(26)8-16/h7-9,12-13,15,19-21,34H,5-6,10-11,14H2,1-4H3. The molecule has 2 unspecified atom stereocenters. The molecular formula is C25H32ClF3N4O3. The Balaban J connectivity index is 1.98. The van der Waals surface area contributed by atoms with Crippen LogP contribution in [0.5, 0.6) is 5.75 Å². The van der Waals surface area contributed by atoms with E-state index in [2.05, 4.69) is 9.97 Å². The second-order valence-corrected chi connectivity index (χ2v) is 9.74. The van der Waals surface area contributed by atoms with Gasteiger partial charge in [-0.15, -0.1) is 0 Å². The lowest BCUT2D eigenvalue weighted by atomic mass is 9.87. The molecule has 0 bridgehead atoms. The van der Waals surface area contributed by atoms with Gasteiger partial charge in [0.25, 0.3) is 0 Å². The Hall–Kier alpha value is -2.75. The monoisotopic (exact) mass is 528 g/mol. The van der Waals surface area contributed by atoms with Crippen LogP contribution in [-0.2, 0) is 17.5 Å². The van der Waals surface area contributed by atoms with Gasteiger partial charge in [0.2, 0.25) is 5.95 Å². The molecule has 7 nitrogen and oxygen atoms in total. The predicted octanol–water partition coefficient (Wildman–Crippen LogP) is 6.43. The van der Waals surface area contributed by atoms with E-state index in [0.29, 0.717) is 31.2 Å². The first-order chi connectivity index (χ1) is 16.9. The average molecular weight is 529 g/mol. The van der Waals surface area contributed by atoms with E-state index in [1.807, 2.05) is 18.7 Å². The fourth-order valence-electron chi connectivity index (χ4n) is 4.72. The Morgan fingerprint density at radius 3 is 2.25 bits per heavy atom. The third-order valence-electron chi connectivity index (χ3n) is 6.32.